The van der Waals surface area contributed by atoms with Crippen molar-refractivity contribution >= 4 is 27.4 Å². The number of piperidine rings is 1. The fourth-order valence-corrected chi connectivity index (χ4v) is 4.52. The van der Waals surface area contributed by atoms with Gasteiger partial charge in [-0.2, -0.15) is 5.10 Å². The molecule has 134 valence electrons. The summed E-state index contributed by atoms with van der Waals surface area (Å²) in [5.74, 6) is 2.11. The highest BCUT2D eigenvalue weighted by Crippen LogP contribution is 2.38. The van der Waals surface area contributed by atoms with E-state index in [9.17, 15) is 4.79 Å². The van der Waals surface area contributed by atoms with Gasteiger partial charge in [-0.25, -0.2) is 14.6 Å². The third-order valence-electron chi connectivity index (χ3n) is 5.47. The maximum absolute atomic E-state index is 12.2. The Labute approximate surface area is 155 Å². The van der Waals surface area contributed by atoms with Crippen LogP contribution in [0.3, 0.4) is 0 Å². The van der Waals surface area contributed by atoms with Crippen LogP contribution in [0.25, 0.3) is 10.2 Å². The molecule has 0 radical (unpaired) electrons. The fourth-order valence-electron chi connectivity index (χ4n) is 3.79. The molecular weight excluding hydrogens is 346 g/mol. The largest absolute Gasteiger partial charge is 0.356 e. The average Bonchev–Trinajstić information content (AvgIpc) is 3.40. The summed E-state index contributed by atoms with van der Waals surface area (Å²) >= 11 is 1.65. The van der Waals surface area contributed by atoms with Crippen LogP contribution < -0.4 is 10.5 Å². The van der Waals surface area contributed by atoms with Crippen molar-refractivity contribution in [3.63, 3.8) is 0 Å². The predicted molar refractivity (Wildman–Crippen MR) is 103 cm³/mol. The topological polar surface area (TPSA) is 63.9 Å². The summed E-state index contributed by atoms with van der Waals surface area (Å²) in [4.78, 5) is 24.4. The molecule has 0 spiro atoms. The van der Waals surface area contributed by atoms with E-state index in [-0.39, 0.29) is 5.56 Å². The van der Waals surface area contributed by atoms with Gasteiger partial charge in [-0.3, -0.25) is 4.79 Å². The van der Waals surface area contributed by atoms with Crippen molar-refractivity contribution in [2.24, 2.45) is 5.92 Å². The molecule has 0 amide bonds. The number of anilines is 1. The Morgan fingerprint density at radius 1 is 1.08 bits per heavy atom. The van der Waals surface area contributed by atoms with Crippen LogP contribution in [-0.2, 0) is 6.54 Å². The number of hydrogen-bond donors (Lipinski definition) is 0. The van der Waals surface area contributed by atoms with Gasteiger partial charge in [-0.15, -0.1) is 11.3 Å². The molecule has 6 nitrogen and oxygen atoms in total. The lowest BCUT2D eigenvalue weighted by Gasteiger charge is -2.33. The van der Waals surface area contributed by atoms with Gasteiger partial charge in [0.15, 0.2) is 0 Å². The first kappa shape index (κ1) is 15.9. The number of aromatic nitrogens is 4. The molecule has 0 aromatic carbocycles. The van der Waals surface area contributed by atoms with Crippen LogP contribution >= 0.6 is 11.3 Å². The van der Waals surface area contributed by atoms with E-state index >= 15 is 0 Å². The van der Waals surface area contributed by atoms with Gasteiger partial charge in [0.2, 0.25) is 0 Å². The van der Waals surface area contributed by atoms with Crippen molar-refractivity contribution < 1.29 is 0 Å². The third-order valence-corrected chi connectivity index (χ3v) is 6.29. The Kier molecular flexibility index (Phi) is 3.96. The van der Waals surface area contributed by atoms with Crippen molar-refractivity contribution in [1.29, 1.82) is 0 Å². The van der Waals surface area contributed by atoms with E-state index in [4.69, 9.17) is 0 Å². The molecule has 1 saturated carbocycles. The minimum atomic E-state index is 0.0209. The Morgan fingerprint density at radius 3 is 2.73 bits per heavy atom. The lowest BCUT2D eigenvalue weighted by Crippen LogP contribution is -2.37. The Hall–Kier alpha value is -2.28. The first-order valence-corrected chi connectivity index (χ1v) is 10.2. The van der Waals surface area contributed by atoms with Gasteiger partial charge in [-0.1, -0.05) is 0 Å². The van der Waals surface area contributed by atoms with Crippen LogP contribution in [0.4, 0.5) is 5.82 Å². The maximum atomic E-state index is 12.2. The van der Waals surface area contributed by atoms with Crippen molar-refractivity contribution in [2.75, 3.05) is 18.0 Å². The second kappa shape index (κ2) is 6.46. The van der Waals surface area contributed by atoms with Gasteiger partial charge in [0.1, 0.15) is 17.0 Å². The highest BCUT2D eigenvalue weighted by atomic mass is 32.1. The normalized spacial score (nSPS) is 18.5. The van der Waals surface area contributed by atoms with Gasteiger partial charge in [0, 0.05) is 31.6 Å². The van der Waals surface area contributed by atoms with E-state index in [1.807, 2.05) is 6.07 Å². The maximum Gasteiger partial charge on any atom is 0.266 e. The quantitative estimate of drug-likeness (QED) is 0.709. The van der Waals surface area contributed by atoms with E-state index in [0.29, 0.717) is 11.8 Å². The van der Waals surface area contributed by atoms with Crippen LogP contribution in [0, 0.1) is 5.92 Å². The predicted octanol–water partition coefficient (Wildman–Crippen LogP) is 3.04. The number of nitrogens with zero attached hydrogens (tertiary/aromatic N) is 5. The molecule has 0 bridgehead atoms. The number of thiophene rings is 1. The zero-order valence-corrected chi connectivity index (χ0v) is 15.4. The molecule has 1 aliphatic carbocycles. The molecule has 5 rings (SSSR count). The van der Waals surface area contributed by atoms with Crippen molar-refractivity contribution in [3.8, 4) is 0 Å². The standard InChI is InChI=1S/C19H21N5OS/c25-17-4-3-16(14-1-2-14)22-24(17)11-13-5-8-23(9-6-13)18-15-7-10-26-19(15)21-12-20-18/h3-4,7,10,12-14H,1-2,5-6,8-9,11H2. The minimum Gasteiger partial charge on any atom is -0.356 e. The molecule has 0 N–H and O–H groups in total. The molecule has 7 heteroatoms. The van der Waals surface area contributed by atoms with Crippen LogP contribution in [-0.4, -0.2) is 32.8 Å². The lowest BCUT2D eigenvalue weighted by atomic mass is 9.96. The van der Waals surface area contributed by atoms with Gasteiger partial charge >= 0.3 is 0 Å². The molecular formula is C19H21N5OS. The molecule has 4 heterocycles. The monoisotopic (exact) mass is 367 g/mol. The zero-order valence-electron chi connectivity index (χ0n) is 14.5. The summed E-state index contributed by atoms with van der Waals surface area (Å²) in [6, 6.07) is 5.69. The van der Waals surface area contributed by atoms with E-state index in [0.717, 1.165) is 54.2 Å². The number of fused-ring (bicyclic) bond motifs is 1. The van der Waals surface area contributed by atoms with E-state index < -0.39 is 0 Å². The third kappa shape index (κ3) is 3.00. The molecule has 26 heavy (non-hydrogen) atoms. The summed E-state index contributed by atoms with van der Waals surface area (Å²) in [6.45, 7) is 2.65. The summed E-state index contributed by atoms with van der Waals surface area (Å²) in [5, 5.41) is 7.83. The average molecular weight is 367 g/mol. The van der Waals surface area contributed by atoms with Crippen LogP contribution in [0.5, 0.6) is 0 Å². The summed E-state index contributed by atoms with van der Waals surface area (Å²) in [7, 11) is 0. The van der Waals surface area contributed by atoms with Crippen molar-refractivity contribution in [1.82, 2.24) is 19.7 Å². The van der Waals surface area contributed by atoms with Gasteiger partial charge in [0.05, 0.1) is 11.1 Å². The first-order chi connectivity index (χ1) is 12.8. The fraction of sp³-hybridized carbons (Fsp3) is 0.474. The second-order valence-electron chi connectivity index (χ2n) is 7.32. The van der Waals surface area contributed by atoms with Crippen molar-refractivity contribution in [2.45, 2.75) is 38.1 Å². The molecule has 1 saturated heterocycles. The van der Waals surface area contributed by atoms with Gasteiger partial charge in [-0.05, 0) is 49.1 Å². The zero-order chi connectivity index (χ0) is 17.5. The molecule has 3 aromatic rings. The van der Waals surface area contributed by atoms with Crippen LogP contribution in [0.15, 0.2) is 34.7 Å². The minimum absolute atomic E-state index is 0.0209. The van der Waals surface area contributed by atoms with Crippen molar-refractivity contribution in [3.05, 3.63) is 46.0 Å². The number of hydrogen-bond acceptors (Lipinski definition) is 6. The highest BCUT2D eigenvalue weighted by molar-refractivity contribution is 7.16. The van der Waals surface area contributed by atoms with E-state index in [2.05, 4.69) is 31.4 Å². The Balaban J connectivity index is 1.28. The molecule has 0 atom stereocenters. The molecule has 2 fully saturated rings. The van der Waals surface area contributed by atoms with Crippen LogP contribution in [0.2, 0.25) is 0 Å². The van der Waals surface area contributed by atoms with Gasteiger partial charge < -0.3 is 4.90 Å². The molecule has 1 aliphatic heterocycles. The van der Waals surface area contributed by atoms with Gasteiger partial charge in [0.25, 0.3) is 5.56 Å². The summed E-state index contributed by atoms with van der Waals surface area (Å²) < 4.78 is 1.69. The Morgan fingerprint density at radius 2 is 1.92 bits per heavy atom. The van der Waals surface area contributed by atoms with E-state index in [1.54, 1.807) is 28.4 Å². The first-order valence-electron chi connectivity index (χ1n) is 9.29. The second-order valence-corrected chi connectivity index (χ2v) is 8.21. The number of rotatable bonds is 4. The highest BCUT2D eigenvalue weighted by Gasteiger charge is 2.27. The lowest BCUT2D eigenvalue weighted by molar-refractivity contribution is 0.333. The SMILES string of the molecule is O=c1ccc(C2CC2)nn1CC1CCN(c2ncnc3sccc23)CC1. The Bertz CT molecular complexity index is 985. The smallest absolute Gasteiger partial charge is 0.266 e. The molecule has 2 aliphatic rings. The summed E-state index contributed by atoms with van der Waals surface area (Å²) in [6.07, 6.45) is 6.18. The summed E-state index contributed by atoms with van der Waals surface area (Å²) in [5.41, 5.74) is 1.11. The van der Waals surface area contributed by atoms with E-state index in [1.165, 1.54) is 12.8 Å². The molecule has 3 aromatic heterocycles. The molecule has 0 unspecified atom stereocenters. The van der Waals surface area contributed by atoms with Crippen LogP contribution in [0.1, 0.15) is 37.3 Å².